The van der Waals surface area contributed by atoms with Gasteiger partial charge in [0.05, 0.1) is 14.2 Å². The van der Waals surface area contributed by atoms with Gasteiger partial charge in [0.25, 0.3) is 0 Å². The maximum absolute atomic E-state index is 9.97. The molecule has 0 heterocycles. The number of nitrogens with zero attached hydrogens (tertiary/aromatic N) is 2. The Bertz CT molecular complexity index is 808. The van der Waals surface area contributed by atoms with Gasteiger partial charge >= 0.3 is 11.6 Å². The highest BCUT2D eigenvalue weighted by Crippen LogP contribution is 2.28. The molecule has 0 radical (unpaired) electrons. The van der Waals surface area contributed by atoms with Crippen molar-refractivity contribution in [3.05, 3.63) is 82.4 Å². The van der Waals surface area contributed by atoms with Crippen LogP contribution in [0.2, 0.25) is 0 Å². The molecule has 0 atom stereocenters. The lowest BCUT2D eigenvalue weighted by atomic mass is 10.2. The Hall–Kier alpha value is -3.46. The number of hydrogen-bond donors (Lipinski definition) is 1. The fraction of sp³-hybridized carbons (Fsp3) is 0.158. The van der Waals surface area contributed by atoms with Gasteiger partial charge in [-0.15, -0.1) is 0 Å². The second kappa shape index (κ2) is 8.99. The minimum atomic E-state index is -0.482. The van der Waals surface area contributed by atoms with Gasteiger partial charge in [0.15, 0.2) is 16.5 Å². The Morgan fingerprint density at radius 3 is 2.44 bits per heavy atom. The zero-order chi connectivity index (χ0) is 18.1. The van der Waals surface area contributed by atoms with E-state index in [0.29, 0.717) is 11.5 Å². The number of hydrogen-bond acceptors (Lipinski definition) is 5. The first-order valence-electron chi connectivity index (χ1n) is 7.53. The van der Waals surface area contributed by atoms with Crippen LogP contribution in [-0.4, -0.2) is 19.3 Å². The highest BCUT2D eigenvalue weighted by molar-refractivity contribution is 5.53. The van der Waals surface area contributed by atoms with Gasteiger partial charge in [0.1, 0.15) is 6.61 Å². The quantitative estimate of drug-likeness (QED) is 0.456. The van der Waals surface area contributed by atoms with Crippen LogP contribution < -0.4 is 9.47 Å². The van der Waals surface area contributed by atoms with E-state index in [1.807, 2.05) is 30.3 Å². The third-order valence-electron chi connectivity index (χ3n) is 3.38. The molecule has 1 N–H and O–H groups in total. The molecule has 0 saturated carbocycles. The second-order valence-corrected chi connectivity index (χ2v) is 5.01. The van der Waals surface area contributed by atoms with Gasteiger partial charge in [-0.3, -0.25) is 0 Å². The summed E-state index contributed by atoms with van der Waals surface area (Å²) in [6.45, 7) is 0.0738. The largest absolute Gasteiger partial charge is 0.493 e. The van der Waals surface area contributed by atoms with Crippen LogP contribution in [0.15, 0.2) is 66.2 Å². The average Bonchev–Trinajstić information content (AvgIpc) is 2.67. The number of ether oxygens (including phenoxy) is 3. The zero-order valence-corrected chi connectivity index (χ0v) is 14.0. The second-order valence-electron chi connectivity index (χ2n) is 5.01. The van der Waals surface area contributed by atoms with Gasteiger partial charge in [-0.1, -0.05) is 36.4 Å². The molecule has 0 unspecified atom stereocenters. The van der Waals surface area contributed by atoms with E-state index in [1.165, 1.54) is 13.2 Å². The minimum absolute atomic E-state index is 0.0738. The van der Waals surface area contributed by atoms with E-state index < -0.39 is 5.95 Å². The predicted molar refractivity (Wildman–Crippen MR) is 94.5 cm³/mol. The Balaban J connectivity index is 2.08. The monoisotopic (exact) mass is 339 g/mol. The molecule has 6 nitrogen and oxygen atoms in total. The normalized spacial score (nSPS) is 11.6. The summed E-state index contributed by atoms with van der Waals surface area (Å²) in [6.07, 6.45) is 3.16. The number of rotatable bonds is 7. The number of aliphatic hydroxyl groups is 1. The van der Waals surface area contributed by atoms with Crippen molar-refractivity contribution in [2.75, 3.05) is 14.2 Å². The van der Waals surface area contributed by atoms with Crippen LogP contribution >= 0.6 is 0 Å². The average molecular weight is 339 g/mol. The smallest absolute Gasteiger partial charge is 0.464 e. The van der Waals surface area contributed by atoms with Gasteiger partial charge in [-0.2, -0.15) is 0 Å². The van der Waals surface area contributed by atoms with Gasteiger partial charge in [-0.05, 0) is 29.3 Å². The molecular formula is C19H19N2O4+. The molecule has 0 bridgehead atoms. The van der Waals surface area contributed by atoms with Crippen LogP contribution in [0.5, 0.6) is 11.5 Å². The molecule has 0 aliphatic carbocycles. The van der Waals surface area contributed by atoms with Crippen molar-refractivity contribution in [1.29, 1.82) is 5.39 Å². The molecule has 0 saturated heterocycles. The summed E-state index contributed by atoms with van der Waals surface area (Å²) in [7, 11) is 3.09. The van der Waals surface area contributed by atoms with Crippen LogP contribution in [0.25, 0.3) is 11.1 Å². The number of allylic oxidation sites excluding steroid dienone is 1. The first-order valence-corrected chi connectivity index (χ1v) is 7.53. The fourth-order valence-corrected chi connectivity index (χ4v) is 2.08. The maximum Gasteiger partial charge on any atom is 0.464 e. The van der Waals surface area contributed by atoms with Crippen LogP contribution in [-0.2, 0) is 11.3 Å². The van der Waals surface area contributed by atoms with E-state index in [1.54, 1.807) is 31.4 Å². The lowest BCUT2D eigenvalue weighted by Crippen LogP contribution is -1.97. The van der Waals surface area contributed by atoms with Gasteiger partial charge in [0, 0.05) is 6.08 Å². The molecule has 0 amide bonds. The molecule has 6 heteroatoms. The summed E-state index contributed by atoms with van der Waals surface area (Å²) < 4.78 is 15.7. The Morgan fingerprint density at radius 2 is 1.80 bits per heavy atom. The van der Waals surface area contributed by atoms with Crippen LogP contribution in [0.3, 0.4) is 0 Å². The molecule has 2 rings (SSSR count). The van der Waals surface area contributed by atoms with E-state index in [-0.39, 0.29) is 12.3 Å². The van der Waals surface area contributed by atoms with Crippen molar-refractivity contribution in [3.63, 3.8) is 0 Å². The summed E-state index contributed by atoms with van der Waals surface area (Å²) in [4.78, 5) is 3.05. The van der Waals surface area contributed by atoms with Gasteiger partial charge in [-0.25, -0.2) is 0 Å². The molecular weight excluding hydrogens is 320 g/mol. The van der Waals surface area contributed by atoms with Crippen LogP contribution in [0, 0.1) is 5.39 Å². The summed E-state index contributed by atoms with van der Waals surface area (Å²) in [5, 5.41) is 19.0. The molecule has 2 aromatic rings. The highest BCUT2D eigenvalue weighted by atomic mass is 16.6. The van der Waals surface area contributed by atoms with Gasteiger partial charge in [0.2, 0.25) is 5.39 Å². The van der Waals surface area contributed by atoms with E-state index in [9.17, 15) is 5.11 Å². The molecule has 0 spiro atoms. The van der Waals surface area contributed by atoms with Crippen molar-refractivity contribution >= 4 is 6.08 Å². The third-order valence-corrected chi connectivity index (χ3v) is 3.38. The summed E-state index contributed by atoms with van der Waals surface area (Å²) in [5.74, 6) is 0.676. The standard InChI is InChI=1S/C19H18N2O4/c1-23-17-11-9-15(12-18(17)24-2)13-25-19(22)16(21-20)10-8-14-6-4-3-5-7-14/h3-12H,13H2,1-2H3/p+1/b10-8+,19-16-. The predicted octanol–water partition coefficient (Wildman–Crippen LogP) is 4.51. The Kier molecular flexibility index (Phi) is 6.43. The molecule has 0 aliphatic rings. The van der Waals surface area contributed by atoms with Crippen molar-refractivity contribution in [2.45, 2.75) is 6.61 Å². The number of benzene rings is 2. The van der Waals surface area contributed by atoms with Gasteiger partial charge < -0.3 is 19.3 Å². The lowest BCUT2D eigenvalue weighted by molar-refractivity contribution is 0.0804. The summed E-state index contributed by atoms with van der Waals surface area (Å²) in [5.41, 5.74) is 1.58. The van der Waals surface area contributed by atoms with Crippen LogP contribution in [0.1, 0.15) is 11.1 Å². The zero-order valence-electron chi connectivity index (χ0n) is 14.0. The van der Waals surface area contributed by atoms with Crippen LogP contribution in [0.4, 0.5) is 0 Å². The molecule has 0 aliphatic heterocycles. The summed E-state index contributed by atoms with van der Waals surface area (Å²) in [6, 6.07) is 14.7. The molecule has 128 valence electrons. The molecule has 0 fully saturated rings. The molecule has 2 aromatic carbocycles. The van der Waals surface area contributed by atoms with E-state index >= 15 is 0 Å². The van der Waals surface area contributed by atoms with E-state index in [0.717, 1.165) is 11.1 Å². The SMILES string of the molecule is COc1ccc(CO/C(O)=C(/C=C/c2ccccc2)[N+]#N)cc1OC. The topological polar surface area (TPSA) is 76.1 Å². The Morgan fingerprint density at radius 1 is 1.08 bits per heavy atom. The maximum atomic E-state index is 9.97. The number of aliphatic hydroxyl groups excluding tert-OH is 1. The van der Waals surface area contributed by atoms with Crippen molar-refractivity contribution in [2.24, 2.45) is 0 Å². The Labute approximate surface area is 146 Å². The van der Waals surface area contributed by atoms with E-state index in [4.69, 9.17) is 19.6 Å². The van der Waals surface area contributed by atoms with E-state index in [2.05, 4.69) is 4.98 Å². The van der Waals surface area contributed by atoms with Crippen molar-refractivity contribution in [3.8, 4) is 11.5 Å². The fourth-order valence-electron chi connectivity index (χ4n) is 2.08. The van der Waals surface area contributed by atoms with Crippen molar-refractivity contribution in [1.82, 2.24) is 0 Å². The minimum Gasteiger partial charge on any atom is -0.493 e. The number of diazo groups is 1. The third kappa shape index (κ3) is 5.01. The lowest BCUT2D eigenvalue weighted by Gasteiger charge is -2.09. The molecule has 0 aromatic heterocycles. The summed E-state index contributed by atoms with van der Waals surface area (Å²) >= 11 is 0. The first kappa shape index (κ1) is 17.9. The first-order chi connectivity index (χ1) is 12.2. The highest BCUT2D eigenvalue weighted by Gasteiger charge is 2.17. The number of methoxy groups -OCH3 is 2. The molecule has 25 heavy (non-hydrogen) atoms. The van der Waals surface area contributed by atoms with Crippen molar-refractivity contribution < 1.29 is 19.3 Å².